The standard InChI is InChI=1S/C12H14N6OS/c1-2-10-13-3-8-4-18(5-9(8)16-10)11(19)6-20-12-14-7-15-17-12/h3,7H,2,4-6H2,1H3,(H,14,15,17). The number of H-pyrrole nitrogens is 1. The first-order valence-electron chi connectivity index (χ1n) is 6.36. The zero-order valence-corrected chi connectivity index (χ0v) is 11.9. The molecule has 0 aliphatic carbocycles. The minimum atomic E-state index is 0.0717. The van der Waals surface area contributed by atoms with E-state index in [1.54, 1.807) is 4.90 Å². The highest BCUT2D eigenvalue weighted by Gasteiger charge is 2.25. The van der Waals surface area contributed by atoms with Gasteiger partial charge in [0.05, 0.1) is 18.0 Å². The summed E-state index contributed by atoms with van der Waals surface area (Å²) in [6, 6.07) is 0. The maximum Gasteiger partial charge on any atom is 0.233 e. The Bertz CT molecular complexity index is 614. The Hall–Kier alpha value is -1.96. The third-order valence-corrected chi connectivity index (χ3v) is 3.96. The molecule has 0 aromatic carbocycles. The van der Waals surface area contributed by atoms with Gasteiger partial charge in [-0.2, -0.15) is 5.10 Å². The fourth-order valence-electron chi connectivity index (χ4n) is 2.03. The second-order valence-corrected chi connectivity index (χ2v) is 5.40. The van der Waals surface area contributed by atoms with Crippen LogP contribution in [-0.4, -0.2) is 41.7 Å². The molecule has 0 atom stereocenters. The van der Waals surface area contributed by atoms with Gasteiger partial charge in [0.1, 0.15) is 12.2 Å². The number of aryl methyl sites for hydroxylation is 1. The van der Waals surface area contributed by atoms with Crippen molar-refractivity contribution in [3.05, 3.63) is 29.6 Å². The Morgan fingerprint density at radius 1 is 1.45 bits per heavy atom. The van der Waals surface area contributed by atoms with Gasteiger partial charge in [0, 0.05) is 24.7 Å². The Balaban J connectivity index is 1.61. The molecule has 0 saturated carbocycles. The van der Waals surface area contributed by atoms with Crippen molar-refractivity contribution in [2.75, 3.05) is 5.75 Å². The molecule has 0 bridgehead atoms. The SMILES string of the molecule is CCc1ncc2c(n1)CN(C(=O)CSc1ncn[nH]1)C2. The molecular formula is C12H14N6OS. The van der Waals surface area contributed by atoms with Crippen LogP contribution in [0.3, 0.4) is 0 Å². The predicted octanol–water partition coefficient (Wildman–Crippen LogP) is 0.792. The quantitative estimate of drug-likeness (QED) is 0.838. The first-order valence-corrected chi connectivity index (χ1v) is 7.34. The number of fused-ring (bicyclic) bond motifs is 1. The molecule has 8 heteroatoms. The van der Waals surface area contributed by atoms with Crippen LogP contribution in [0, 0.1) is 0 Å². The third kappa shape index (κ3) is 2.64. The Morgan fingerprint density at radius 2 is 2.35 bits per heavy atom. The molecule has 2 aromatic heterocycles. The molecule has 7 nitrogen and oxygen atoms in total. The molecule has 1 aliphatic rings. The van der Waals surface area contributed by atoms with Crippen LogP contribution in [0.25, 0.3) is 0 Å². The van der Waals surface area contributed by atoms with Gasteiger partial charge >= 0.3 is 0 Å². The summed E-state index contributed by atoms with van der Waals surface area (Å²) in [4.78, 5) is 26.7. The molecular weight excluding hydrogens is 276 g/mol. The van der Waals surface area contributed by atoms with E-state index in [9.17, 15) is 4.79 Å². The van der Waals surface area contributed by atoms with E-state index in [1.807, 2.05) is 13.1 Å². The van der Waals surface area contributed by atoms with Crippen LogP contribution in [0.2, 0.25) is 0 Å². The van der Waals surface area contributed by atoms with Crippen LogP contribution < -0.4 is 0 Å². The van der Waals surface area contributed by atoms with Crippen LogP contribution in [0.4, 0.5) is 0 Å². The van der Waals surface area contributed by atoms with E-state index in [-0.39, 0.29) is 5.91 Å². The van der Waals surface area contributed by atoms with Crippen molar-refractivity contribution in [3.63, 3.8) is 0 Å². The number of aromatic amines is 1. The van der Waals surface area contributed by atoms with E-state index < -0.39 is 0 Å². The number of carbonyl (C=O) groups is 1. The summed E-state index contributed by atoms with van der Waals surface area (Å²) in [5.74, 6) is 1.24. The van der Waals surface area contributed by atoms with Gasteiger partial charge in [-0.1, -0.05) is 18.7 Å². The van der Waals surface area contributed by atoms with Gasteiger partial charge in [0.25, 0.3) is 0 Å². The van der Waals surface area contributed by atoms with Crippen molar-refractivity contribution in [1.82, 2.24) is 30.0 Å². The first-order chi connectivity index (χ1) is 9.76. The number of hydrogen-bond acceptors (Lipinski definition) is 6. The molecule has 2 aromatic rings. The summed E-state index contributed by atoms with van der Waals surface area (Å²) in [5.41, 5.74) is 2.01. The highest BCUT2D eigenvalue weighted by atomic mass is 32.2. The summed E-state index contributed by atoms with van der Waals surface area (Å²) >= 11 is 1.35. The number of thioether (sulfide) groups is 1. The Kier molecular flexibility index (Phi) is 3.64. The second-order valence-electron chi connectivity index (χ2n) is 4.44. The van der Waals surface area contributed by atoms with Crippen molar-refractivity contribution >= 4 is 17.7 Å². The van der Waals surface area contributed by atoms with E-state index >= 15 is 0 Å². The van der Waals surface area contributed by atoms with Crippen molar-refractivity contribution < 1.29 is 4.79 Å². The monoisotopic (exact) mass is 290 g/mol. The molecule has 20 heavy (non-hydrogen) atoms. The Labute approximate surface area is 120 Å². The fourth-order valence-corrected chi connectivity index (χ4v) is 2.71. The zero-order chi connectivity index (χ0) is 13.9. The van der Waals surface area contributed by atoms with Crippen molar-refractivity contribution in [3.8, 4) is 0 Å². The van der Waals surface area contributed by atoms with Gasteiger partial charge in [0.2, 0.25) is 5.91 Å². The van der Waals surface area contributed by atoms with Crippen LogP contribution in [-0.2, 0) is 24.3 Å². The first kappa shape index (κ1) is 13.0. The molecule has 1 amide bonds. The minimum absolute atomic E-state index is 0.0717. The maximum absolute atomic E-state index is 12.2. The van der Waals surface area contributed by atoms with E-state index in [2.05, 4.69) is 25.1 Å². The van der Waals surface area contributed by atoms with Crippen LogP contribution >= 0.6 is 11.8 Å². The summed E-state index contributed by atoms with van der Waals surface area (Å²) in [6.45, 7) is 3.18. The zero-order valence-electron chi connectivity index (χ0n) is 11.0. The van der Waals surface area contributed by atoms with Gasteiger partial charge < -0.3 is 4.90 Å². The molecule has 104 valence electrons. The summed E-state index contributed by atoms with van der Waals surface area (Å²) in [5, 5.41) is 7.13. The highest BCUT2D eigenvalue weighted by Crippen LogP contribution is 2.22. The molecule has 0 radical (unpaired) electrons. The van der Waals surface area contributed by atoms with E-state index in [1.165, 1.54) is 18.1 Å². The van der Waals surface area contributed by atoms with Crippen LogP contribution in [0.15, 0.2) is 17.7 Å². The molecule has 3 heterocycles. The average molecular weight is 290 g/mol. The van der Waals surface area contributed by atoms with E-state index in [0.29, 0.717) is 24.0 Å². The molecule has 1 aliphatic heterocycles. The van der Waals surface area contributed by atoms with E-state index in [0.717, 1.165) is 23.5 Å². The molecule has 0 spiro atoms. The van der Waals surface area contributed by atoms with Gasteiger partial charge in [-0.25, -0.2) is 15.0 Å². The summed E-state index contributed by atoms with van der Waals surface area (Å²) in [6.07, 6.45) is 4.07. The molecule has 1 N–H and O–H groups in total. The second kappa shape index (κ2) is 5.58. The molecule has 0 unspecified atom stereocenters. The van der Waals surface area contributed by atoms with Gasteiger partial charge in [-0.05, 0) is 0 Å². The van der Waals surface area contributed by atoms with Gasteiger partial charge in [0.15, 0.2) is 5.16 Å². The lowest BCUT2D eigenvalue weighted by Crippen LogP contribution is -2.27. The van der Waals surface area contributed by atoms with Crippen molar-refractivity contribution in [2.24, 2.45) is 0 Å². The number of rotatable bonds is 4. The lowest BCUT2D eigenvalue weighted by Gasteiger charge is -2.13. The topological polar surface area (TPSA) is 87.7 Å². The fraction of sp³-hybridized carbons (Fsp3) is 0.417. The number of carbonyl (C=O) groups excluding carboxylic acids is 1. The third-order valence-electron chi connectivity index (χ3n) is 3.10. The smallest absolute Gasteiger partial charge is 0.233 e. The number of nitrogens with zero attached hydrogens (tertiary/aromatic N) is 5. The predicted molar refractivity (Wildman–Crippen MR) is 72.8 cm³/mol. The highest BCUT2D eigenvalue weighted by molar-refractivity contribution is 7.99. The number of aromatic nitrogens is 5. The summed E-state index contributed by atoms with van der Waals surface area (Å²) < 4.78 is 0. The van der Waals surface area contributed by atoms with Crippen LogP contribution in [0.1, 0.15) is 24.0 Å². The Morgan fingerprint density at radius 3 is 3.10 bits per heavy atom. The largest absolute Gasteiger partial charge is 0.332 e. The molecule has 3 rings (SSSR count). The van der Waals surface area contributed by atoms with E-state index in [4.69, 9.17) is 0 Å². The normalized spacial score (nSPS) is 13.6. The average Bonchev–Trinajstić information content (AvgIpc) is 3.12. The number of hydrogen-bond donors (Lipinski definition) is 1. The van der Waals surface area contributed by atoms with Crippen molar-refractivity contribution in [2.45, 2.75) is 31.6 Å². The molecule has 0 fully saturated rings. The van der Waals surface area contributed by atoms with Gasteiger partial charge in [-0.3, -0.25) is 9.89 Å². The van der Waals surface area contributed by atoms with Gasteiger partial charge in [-0.15, -0.1) is 0 Å². The number of amides is 1. The maximum atomic E-state index is 12.2. The number of nitrogens with one attached hydrogen (secondary N) is 1. The minimum Gasteiger partial charge on any atom is -0.332 e. The lowest BCUT2D eigenvalue weighted by molar-refractivity contribution is -0.128. The lowest BCUT2D eigenvalue weighted by atomic mass is 10.3. The summed E-state index contributed by atoms with van der Waals surface area (Å²) in [7, 11) is 0. The molecule has 0 saturated heterocycles. The van der Waals surface area contributed by atoms with Crippen LogP contribution in [0.5, 0.6) is 0 Å². The van der Waals surface area contributed by atoms with Crippen molar-refractivity contribution in [1.29, 1.82) is 0 Å².